The van der Waals surface area contributed by atoms with Gasteiger partial charge in [0.05, 0.1) is 26.7 Å². The average Bonchev–Trinajstić information content (AvgIpc) is 3.21. The molecule has 0 amide bonds. The Morgan fingerprint density at radius 3 is 1.87 bits per heavy atom. The largest absolute Gasteiger partial charge is 0.497 e. The highest BCUT2D eigenvalue weighted by Crippen LogP contribution is 2.38. The maximum atomic E-state index is 13.1. The molecule has 9 heteroatoms. The van der Waals surface area contributed by atoms with Gasteiger partial charge in [-0.3, -0.25) is 4.79 Å². The number of benzene rings is 3. The Morgan fingerprint density at radius 1 is 0.851 bits per heavy atom. The van der Waals surface area contributed by atoms with Gasteiger partial charge in [0.1, 0.15) is 17.6 Å². The summed E-state index contributed by atoms with van der Waals surface area (Å²) in [6, 6.07) is 23.0. The van der Waals surface area contributed by atoms with Crippen LogP contribution in [0.15, 0.2) is 84.9 Å². The van der Waals surface area contributed by atoms with Crippen LogP contribution in [0.25, 0.3) is 0 Å². The molecule has 0 saturated carbocycles. The Morgan fingerprint density at radius 2 is 1.38 bits per heavy atom. The lowest BCUT2D eigenvalue weighted by atomic mass is 9.86. The molecule has 3 aromatic carbocycles. The maximum absolute atomic E-state index is 13.1. The third kappa shape index (κ3) is 8.28. The van der Waals surface area contributed by atoms with E-state index >= 15 is 0 Å². The molecule has 0 bridgehead atoms. The summed E-state index contributed by atoms with van der Waals surface area (Å²) in [6.07, 6.45) is 2.67. The Hall–Kier alpha value is -4.47. The molecule has 2 heterocycles. The Kier molecular flexibility index (Phi) is 10.5. The number of methoxy groups -OCH3 is 2. The van der Waals surface area contributed by atoms with E-state index in [1.165, 1.54) is 0 Å². The van der Waals surface area contributed by atoms with Crippen molar-refractivity contribution in [1.82, 2.24) is 4.90 Å². The van der Waals surface area contributed by atoms with Crippen molar-refractivity contribution in [2.24, 2.45) is 0 Å². The van der Waals surface area contributed by atoms with Crippen LogP contribution in [0.5, 0.6) is 11.5 Å². The van der Waals surface area contributed by atoms with Gasteiger partial charge in [0.2, 0.25) is 0 Å². The molecule has 1 fully saturated rings. The lowest BCUT2D eigenvalue weighted by Gasteiger charge is -2.46. The van der Waals surface area contributed by atoms with Crippen LogP contribution >= 0.6 is 0 Å². The molecule has 1 spiro atoms. The minimum atomic E-state index is -1.68. The fourth-order valence-electron chi connectivity index (χ4n) is 5.97. The lowest BCUT2D eigenvalue weighted by molar-refractivity contribution is -0.307. The molecule has 1 unspecified atom stereocenters. The number of ketones is 1. The smallest absolute Gasteiger partial charge is 0.335 e. The van der Waals surface area contributed by atoms with Gasteiger partial charge in [-0.25, -0.2) is 14.5 Å². The van der Waals surface area contributed by atoms with Crippen molar-refractivity contribution >= 4 is 17.7 Å². The molecular weight excluding hydrogens is 598 g/mol. The second kappa shape index (κ2) is 14.5. The van der Waals surface area contributed by atoms with Crippen LogP contribution in [0.3, 0.4) is 0 Å². The highest BCUT2D eigenvalue weighted by molar-refractivity contribution is 5.96. The maximum Gasteiger partial charge on any atom is 0.335 e. The lowest BCUT2D eigenvalue weighted by Crippen LogP contribution is -2.60. The van der Waals surface area contributed by atoms with E-state index in [1.54, 1.807) is 14.2 Å². The van der Waals surface area contributed by atoms with E-state index in [-0.39, 0.29) is 17.6 Å². The van der Waals surface area contributed by atoms with Gasteiger partial charge in [-0.2, -0.15) is 0 Å². The first-order valence-corrected chi connectivity index (χ1v) is 16.0. The van der Waals surface area contributed by atoms with Crippen LogP contribution in [-0.2, 0) is 29.2 Å². The number of ether oxygens (including phenoxy) is 5. The van der Waals surface area contributed by atoms with Crippen LogP contribution in [0, 0.1) is 0 Å². The van der Waals surface area contributed by atoms with Crippen molar-refractivity contribution in [3.8, 4) is 11.5 Å². The van der Waals surface area contributed by atoms with Crippen molar-refractivity contribution in [3.05, 3.63) is 107 Å². The number of rotatable bonds is 11. The fraction of sp³-hybridized carbons (Fsp3) is 0.395. The molecule has 248 valence electrons. The van der Waals surface area contributed by atoms with E-state index in [1.807, 2.05) is 77.7 Å². The highest BCUT2D eigenvalue weighted by atomic mass is 16.8. The number of piperidine rings is 1. The van der Waals surface area contributed by atoms with Gasteiger partial charge >= 0.3 is 17.8 Å². The summed E-state index contributed by atoms with van der Waals surface area (Å²) < 4.78 is 29.2. The second-order valence-electron chi connectivity index (χ2n) is 12.9. The van der Waals surface area contributed by atoms with Crippen molar-refractivity contribution in [1.29, 1.82) is 0 Å². The van der Waals surface area contributed by atoms with Crippen molar-refractivity contribution < 1.29 is 38.1 Å². The summed E-state index contributed by atoms with van der Waals surface area (Å²) in [4.78, 5) is 40.3. The number of esters is 2. The topological polar surface area (TPSA) is 101 Å². The van der Waals surface area contributed by atoms with Crippen LogP contribution in [0.4, 0.5) is 0 Å². The average molecular weight is 642 g/mol. The van der Waals surface area contributed by atoms with E-state index in [9.17, 15) is 14.4 Å². The summed E-state index contributed by atoms with van der Waals surface area (Å²) in [5.74, 6) is -1.57. The molecule has 5 rings (SSSR count). The SMILES string of the molecule is COc1ccc(C(OC2CCN(CCCC(=O)c3ccc(C(C)(C)C)cc3)C3(C2)OC(=O)C=CC(=O)O3)c2ccc(OC)cc2)cc1. The van der Waals surface area contributed by atoms with Gasteiger partial charge in [0, 0.05) is 37.2 Å². The van der Waals surface area contributed by atoms with Gasteiger partial charge < -0.3 is 23.7 Å². The van der Waals surface area contributed by atoms with Crippen molar-refractivity contribution in [3.63, 3.8) is 0 Å². The van der Waals surface area contributed by atoms with E-state index in [4.69, 9.17) is 23.7 Å². The molecule has 3 aromatic rings. The minimum absolute atomic E-state index is 0.00251. The third-order valence-electron chi connectivity index (χ3n) is 8.63. The first-order valence-electron chi connectivity index (χ1n) is 16.0. The summed E-state index contributed by atoms with van der Waals surface area (Å²) in [5.41, 5.74) is 3.61. The molecule has 0 aliphatic carbocycles. The quantitative estimate of drug-likeness (QED) is 0.171. The van der Waals surface area contributed by atoms with Crippen molar-refractivity contribution in [2.45, 2.75) is 70.0 Å². The molecule has 9 nitrogen and oxygen atoms in total. The summed E-state index contributed by atoms with van der Waals surface area (Å²) in [7, 11) is 3.23. The van der Waals surface area contributed by atoms with Crippen LogP contribution in [0.2, 0.25) is 0 Å². The summed E-state index contributed by atoms with van der Waals surface area (Å²) >= 11 is 0. The molecular formula is C38H43NO8. The number of carbonyl (C=O) groups is 3. The number of nitrogens with zero attached hydrogens (tertiary/aromatic N) is 1. The first-order chi connectivity index (χ1) is 22.5. The van der Waals surface area contributed by atoms with Crippen molar-refractivity contribution in [2.75, 3.05) is 27.3 Å². The Balaban J connectivity index is 1.33. The predicted octanol–water partition coefficient (Wildman–Crippen LogP) is 6.54. The minimum Gasteiger partial charge on any atom is -0.497 e. The monoisotopic (exact) mass is 641 g/mol. The van der Waals surface area contributed by atoms with E-state index in [2.05, 4.69) is 20.8 Å². The Labute approximate surface area is 276 Å². The van der Waals surface area contributed by atoms with Crippen LogP contribution in [0.1, 0.15) is 79.6 Å². The third-order valence-corrected chi connectivity index (χ3v) is 8.63. The number of hydrogen-bond acceptors (Lipinski definition) is 9. The fourth-order valence-corrected chi connectivity index (χ4v) is 5.97. The van der Waals surface area contributed by atoms with E-state index in [0.717, 1.165) is 40.3 Å². The van der Waals surface area contributed by atoms with Gasteiger partial charge in [-0.1, -0.05) is 69.3 Å². The molecule has 1 saturated heterocycles. The van der Waals surface area contributed by atoms with Gasteiger partial charge in [0.25, 0.3) is 0 Å². The molecule has 0 N–H and O–H groups in total. The zero-order chi connectivity index (χ0) is 33.6. The first kappa shape index (κ1) is 33.9. The standard InChI is InChI=1S/C38H43NO8/c1-37(2,3)29-14-8-26(9-15-29)33(40)7-6-23-39-24-22-32(25-38(39)46-34(41)20-21-35(42)47-38)45-36(27-10-16-30(43-4)17-11-27)28-12-18-31(44-5)19-13-28/h8-21,32,36H,6-7,22-25H2,1-5H3. The Bertz CT molecular complexity index is 1500. The molecule has 47 heavy (non-hydrogen) atoms. The molecule has 1 atom stereocenters. The molecule has 2 aliphatic heterocycles. The molecule has 0 aromatic heterocycles. The number of Topliss-reactive ketones (excluding diaryl/α,β-unsaturated/α-hetero) is 1. The van der Waals surface area contributed by atoms with Gasteiger partial charge in [-0.15, -0.1) is 0 Å². The molecule has 2 aliphatic rings. The number of hydrogen-bond donors (Lipinski definition) is 0. The summed E-state index contributed by atoms with van der Waals surface area (Å²) in [6.45, 7) is 7.19. The van der Waals surface area contributed by atoms with Crippen LogP contribution < -0.4 is 9.47 Å². The molecule has 0 radical (unpaired) electrons. The number of likely N-dealkylation sites (tertiary alicyclic amines) is 1. The normalized spacial score (nSPS) is 18.0. The second-order valence-corrected chi connectivity index (χ2v) is 12.9. The zero-order valence-corrected chi connectivity index (χ0v) is 27.7. The van der Waals surface area contributed by atoms with E-state index < -0.39 is 30.1 Å². The van der Waals surface area contributed by atoms with Crippen LogP contribution in [-0.4, -0.2) is 61.9 Å². The highest BCUT2D eigenvalue weighted by Gasteiger charge is 2.50. The number of carbonyl (C=O) groups excluding carboxylic acids is 3. The zero-order valence-electron chi connectivity index (χ0n) is 27.7. The predicted molar refractivity (Wildman–Crippen MR) is 176 cm³/mol. The van der Waals surface area contributed by atoms with Gasteiger partial charge in [0.15, 0.2) is 5.78 Å². The van der Waals surface area contributed by atoms with Gasteiger partial charge in [-0.05, 0) is 59.2 Å². The van der Waals surface area contributed by atoms with E-state index in [0.29, 0.717) is 37.9 Å². The summed E-state index contributed by atoms with van der Waals surface area (Å²) in [5, 5.41) is 0.